The molecule has 3 N–H and O–H groups in total. The predicted octanol–water partition coefficient (Wildman–Crippen LogP) is 3.64. The van der Waals surface area contributed by atoms with Gasteiger partial charge in [0.15, 0.2) is 5.78 Å². The minimum atomic E-state index is -0.973. The van der Waals surface area contributed by atoms with Gasteiger partial charge >= 0.3 is 6.09 Å². The molecular formula is C30H42N4O6S. The largest absolute Gasteiger partial charge is 0.444 e. The van der Waals surface area contributed by atoms with Crippen LogP contribution in [0.5, 0.6) is 0 Å². The number of β-amino-alcohol motifs (C(OH)–C–C–N with tert-alkyl or cyclic N) is 1. The fraction of sp³-hybridized carbons (Fsp3) is 0.567. The van der Waals surface area contributed by atoms with E-state index in [1.165, 1.54) is 4.90 Å². The molecule has 1 aliphatic rings. The quantitative estimate of drug-likeness (QED) is 0.408. The molecule has 11 heteroatoms. The summed E-state index contributed by atoms with van der Waals surface area (Å²) in [6, 6.07) is 6.26. The zero-order chi connectivity index (χ0) is 30.5. The highest BCUT2D eigenvalue weighted by Gasteiger charge is 2.44. The second kappa shape index (κ2) is 13.1. The number of likely N-dealkylation sites (tertiary alicyclic amines) is 1. The smallest absolute Gasteiger partial charge is 0.408 e. The van der Waals surface area contributed by atoms with Crippen LogP contribution in [0.1, 0.15) is 65.6 Å². The van der Waals surface area contributed by atoms with Gasteiger partial charge in [-0.2, -0.15) is 0 Å². The number of aliphatic hydroxyl groups is 1. The van der Waals surface area contributed by atoms with Crippen molar-refractivity contribution in [1.29, 1.82) is 0 Å². The molecule has 0 unspecified atom stereocenters. The number of carbonyl (C=O) groups excluding carboxylic acids is 4. The monoisotopic (exact) mass is 586 g/mol. The Balaban J connectivity index is 1.63. The molecule has 0 bridgehead atoms. The number of hydrogen-bond acceptors (Lipinski definition) is 8. The maximum absolute atomic E-state index is 13.7. The molecule has 2 heterocycles. The SMILES string of the molecule is Cc1ncsc1-c1ccc(CCC(=O)[C@@H]2C[C@@H](O)CN2C(=O)[C@@H](NC(=O)CNC(=O)OC(C)(C)C)C(C)(C)C)cc1. The van der Waals surface area contributed by atoms with Crippen LogP contribution in [0.15, 0.2) is 29.8 Å². The molecule has 1 aromatic heterocycles. The summed E-state index contributed by atoms with van der Waals surface area (Å²) in [6.07, 6.45) is -0.704. The van der Waals surface area contributed by atoms with Crippen molar-refractivity contribution in [3.8, 4) is 10.4 Å². The fourth-order valence-corrected chi connectivity index (χ4v) is 5.50. The molecule has 0 radical (unpaired) electrons. The van der Waals surface area contributed by atoms with Gasteiger partial charge in [0.1, 0.15) is 18.2 Å². The van der Waals surface area contributed by atoms with Gasteiger partial charge in [0.25, 0.3) is 0 Å². The number of benzene rings is 1. The summed E-state index contributed by atoms with van der Waals surface area (Å²) in [5, 5.41) is 15.5. The summed E-state index contributed by atoms with van der Waals surface area (Å²) in [7, 11) is 0. The Morgan fingerprint density at radius 3 is 2.34 bits per heavy atom. The molecule has 0 aliphatic carbocycles. The standard InChI is InChI=1S/C30H42N4O6S/c1-18-25(41-17-32-18)20-11-8-19(9-12-20)10-13-23(36)22-14-21(35)16-34(22)27(38)26(29(2,3)4)33-24(37)15-31-28(39)40-30(5,6)7/h8-9,11-12,17,21-22,26,35H,10,13-16H2,1-7H3,(H,31,39)(H,33,37)/t21-,22+,26-/m1/s1. The van der Waals surface area contributed by atoms with Crippen LogP contribution in [0.2, 0.25) is 0 Å². The van der Waals surface area contributed by atoms with Crippen LogP contribution in [0.4, 0.5) is 4.79 Å². The Kier molecular flexibility index (Phi) is 10.3. The van der Waals surface area contributed by atoms with Crippen molar-refractivity contribution in [3.63, 3.8) is 0 Å². The second-order valence-corrected chi connectivity index (χ2v) is 13.4. The number of nitrogens with one attached hydrogen (secondary N) is 2. The highest BCUT2D eigenvalue weighted by Crippen LogP contribution is 2.29. The van der Waals surface area contributed by atoms with E-state index in [4.69, 9.17) is 4.74 Å². The molecule has 1 aromatic carbocycles. The first-order valence-electron chi connectivity index (χ1n) is 13.8. The third-order valence-corrected chi connectivity index (χ3v) is 7.74. The molecule has 1 saturated heterocycles. The summed E-state index contributed by atoms with van der Waals surface area (Å²) < 4.78 is 5.15. The van der Waals surface area contributed by atoms with Crippen molar-refractivity contribution in [2.24, 2.45) is 5.41 Å². The number of aryl methyl sites for hydroxylation is 2. The van der Waals surface area contributed by atoms with Gasteiger partial charge in [-0.25, -0.2) is 9.78 Å². The molecule has 1 fully saturated rings. The number of rotatable bonds is 9. The predicted molar refractivity (Wildman–Crippen MR) is 157 cm³/mol. The summed E-state index contributed by atoms with van der Waals surface area (Å²) in [5.74, 6) is -1.14. The lowest BCUT2D eigenvalue weighted by Gasteiger charge is -2.35. The zero-order valence-electron chi connectivity index (χ0n) is 24.9. The number of aromatic nitrogens is 1. The van der Waals surface area contributed by atoms with Crippen LogP contribution in [-0.2, 0) is 25.5 Å². The highest BCUT2D eigenvalue weighted by molar-refractivity contribution is 7.13. The molecule has 1 aliphatic heterocycles. The number of Topliss-reactive ketones (excluding diaryl/α,β-unsaturated/α-hetero) is 1. The van der Waals surface area contributed by atoms with Crippen molar-refractivity contribution in [3.05, 3.63) is 41.0 Å². The van der Waals surface area contributed by atoms with Gasteiger partial charge in [-0.05, 0) is 50.7 Å². The van der Waals surface area contributed by atoms with E-state index in [9.17, 15) is 24.3 Å². The van der Waals surface area contributed by atoms with Gasteiger partial charge in [-0.1, -0.05) is 45.0 Å². The summed E-state index contributed by atoms with van der Waals surface area (Å²) in [4.78, 5) is 58.4. The van der Waals surface area contributed by atoms with Crippen LogP contribution >= 0.6 is 11.3 Å². The lowest BCUT2D eigenvalue weighted by molar-refractivity contribution is -0.143. The van der Waals surface area contributed by atoms with Crippen molar-refractivity contribution in [2.75, 3.05) is 13.1 Å². The molecule has 3 atom stereocenters. The lowest BCUT2D eigenvalue weighted by atomic mass is 9.85. The molecule has 10 nitrogen and oxygen atoms in total. The Bertz CT molecular complexity index is 1240. The number of alkyl carbamates (subject to hydrolysis) is 1. The summed E-state index contributed by atoms with van der Waals surface area (Å²) in [5.41, 5.74) is 3.46. The Hall–Kier alpha value is -3.31. The minimum Gasteiger partial charge on any atom is -0.444 e. The first kappa shape index (κ1) is 32.2. The van der Waals surface area contributed by atoms with Gasteiger partial charge < -0.3 is 25.4 Å². The second-order valence-electron chi connectivity index (χ2n) is 12.5. The molecule has 3 rings (SSSR count). The summed E-state index contributed by atoms with van der Waals surface area (Å²) >= 11 is 1.58. The summed E-state index contributed by atoms with van der Waals surface area (Å²) in [6.45, 7) is 12.2. The van der Waals surface area contributed by atoms with Crippen LogP contribution in [0, 0.1) is 12.3 Å². The van der Waals surface area contributed by atoms with Crippen molar-refractivity contribution in [1.82, 2.24) is 20.5 Å². The van der Waals surface area contributed by atoms with Gasteiger partial charge in [0.2, 0.25) is 11.8 Å². The molecule has 0 saturated carbocycles. The van der Waals surface area contributed by atoms with E-state index in [1.54, 1.807) is 52.9 Å². The van der Waals surface area contributed by atoms with E-state index in [1.807, 2.05) is 36.7 Å². The first-order chi connectivity index (χ1) is 19.0. The number of nitrogens with zero attached hydrogens (tertiary/aromatic N) is 2. The number of amides is 3. The normalized spacial score (nSPS) is 18.1. The van der Waals surface area contributed by atoms with E-state index in [2.05, 4.69) is 15.6 Å². The van der Waals surface area contributed by atoms with Crippen LogP contribution in [0.3, 0.4) is 0 Å². The van der Waals surface area contributed by atoms with E-state index in [0.717, 1.165) is 21.7 Å². The van der Waals surface area contributed by atoms with Crippen molar-refractivity contribution < 1.29 is 29.0 Å². The average Bonchev–Trinajstić information content (AvgIpc) is 3.48. The number of ketones is 1. The van der Waals surface area contributed by atoms with Gasteiger partial charge in [-0.15, -0.1) is 11.3 Å². The third-order valence-electron chi connectivity index (χ3n) is 6.77. The van der Waals surface area contributed by atoms with Gasteiger partial charge in [0.05, 0.1) is 28.2 Å². The lowest BCUT2D eigenvalue weighted by Crippen LogP contribution is -2.58. The molecule has 224 valence electrons. The van der Waals surface area contributed by atoms with Crippen LogP contribution < -0.4 is 10.6 Å². The maximum Gasteiger partial charge on any atom is 0.408 e. The van der Waals surface area contributed by atoms with Crippen LogP contribution in [0.25, 0.3) is 10.4 Å². The Labute approximate surface area is 245 Å². The van der Waals surface area contributed by atoms with Crippen LogP contribution in [-0.4, -0.2) is 75.6 Å². The topological polar surface area (TPSA) is 138 Å². The third kappa shape index (κ3) is 9.09. The Morgan fingerprint density at radius 2 is 1.78 bits per heavy atom. The van der Waals surface area contributed by atoms with Gasteiger partial charge in [0, 0.05) is 19.4 Å². The van der Waals surface area contributed by atoms with E-state index in [-0.39, 0.29) is 31.7 Å². The fourth-order valence-electron chi connectivity index (χ4n) is 4.69. The number of ether oxygens (including phenoxy) is 1. The minimum absolute atomic E-state index is 0.0107. The van der Waals surface area contributed by atoms with Crippen molar-refractivity contribution >= 4 is 35.0 Å². The average molecular weight is 587 g/mol. The van der Waals surface area contributed by atoms with E-state index >= 15 is 0 Å². The molecular weight excluding hydrogens is 544 g/mol. The van der Waals surface area contributed by atoms with E-state index < -0.39 is 47.1 Å². The molecule has 0 spiro atoms. The van der Waals surface area contributed by atoms with Crippen molar-refractivity contribution in [2.45, 2.75) is 91.5 Å². The van der Waals surface area contributed by atoms with Gasteiger partial charge in [-0.3, -0.25) is 14.4 Å². The maximum atomic E-state index is 13.7. The highest BCUT2D eigenvalue weighted by atomic mass is 32.1. The Morgan fingerprint density at radius 1 is 1.12 bits per heavy atom. The number of hydrogen-bond donors (Lipinski definition) is 3. The zero-order valence-corrected chi connectivity index (χ0v) is 25.8. The number of thiazole rings is 1. The number of carbonyl (C=O) groups is 4. The molecule has 3 amide bonds. The van der Waals surface area contributed by atoms with E-state index in [0.29, 0.717) is 6.42 Å². The first-order valence-corrected chi connectivity index (χ1v) is 14.7. The molecule has 2 aromatic rings. The molecule has 41 heavy (non-hydrogen) atoms. The number of aliphatic hydroxyl groups excluding tert-OH is 1.